The van der Waals surface area contributed by atoms with Crippen LogP contribution in [0.2, 0.25) is 0 Å². The Kier molecular flexibility index (Phi) is 5.30. The van der Waals surface area contributed by atoms with E-state index in [-0.39, 0.29) is 23.4 Å². The number of rotatable bonds is 4. The molecular formula is C23H26F2N2O2. The molecule has 2 aliphatic rings. The Balaban J connectivity index is 1.60. The van der Waals surface area contributed by atoms with Crippen molar-refractivity contribution in [2.24, 2.45) is 11.8 Å². The number of carbonyl (C=O) groups excluding carboxylic acids is 1. The van der Waals surface area contributed by atoms with Crippen LogP contribution in [0.25, 0.3) is 0 Å². The third-order valence-electron chi connectivity index (χ3n) is 6.41. The molecule has 2 saturated heterocycles. The van der Waals surface area contributed by atoms with E-state index in [1.165, 1.54) is 24.3 Å². The molecule has 0 saturated carbocycles. The first-order valence-corrected chi connectivity index (χ1v) is 9.96. The highest BCUT2D eigenvalue weighted by atomic mass is 19.2. The second-order valence-corrected chi connectivity index (χ2v) is 8.13. The molecule has 0 N–H and O–H groups in total. The minimum atomic E-state index is -0.860. The molecule has 0 spiro atoms. The van der Waals surface area contributed by atoms with Gasteiger partial charge in [-0.25, -0.2) is 8.78 Å². The molecule has 2 aliphatic heterocycles. The van der Waals surface area contributed by atoms with E-state index >= 15 is 0 Å². The highest BCUT2D eigenvalue weighted by Gasteiger charge is 2.48. The van der Waals surface area contributed by atoms with Gasteiger partial charge in [0.1, 0.15) is 5.75 Å². The molecule has 0 aliphatic carbocycles. The lowest BCUT2D eigenvalue weighted by atomic mass is 9.87. The van der Waals surface area contributed by atoms with E-state index in [0.29, 0.717) is 24.8 Å². The van der Waals surface area contributed by atoms with Crippen LogP contribution >= 0.6 is 0 Å². The summed E-state index contributed by atoms with van der Waals surface area (Å²) in [6.07, 6.45) is 0. The van der Waals surface area contributed by atoms with Crippen LogP contribution in [0, 0.1) is 30.4 Å². The number of hydrogen-bond acceptors (Lipinski definition) is 3. The molecule has 2 fully saturated rings. The number of fused-ring (bicyclic) bond motifs is 1. The zero-order valence-corrected chi connectivity index (χ0v) is 17.0. The number of halogens is 2. The number of amides is 1. The van der Waals surface area contributed by atoms with Gasteiger partial charge in [0.25, 0.3) is 0 Å². The molecule has 0 unspecified atom stereocenters. The topological polar surface area (TPSA) is 32.8 Å². The fourth-order valence-corrected chi connectivity index (χ4v) is 5.04. The zero-order valence-electron chi connectivity index (χ0n) is 17.0. The van der Waals surface area contributed by atoms with Gasteiger partial charge >= 0.3 is 0 Å². The van der Waals surface area contributed by atoms with E-state index in [2.05, 4.69) is 24.0 Å². The van der Waals surface area contributed by atoms with Crippen molar-refractivity contribution in [3.8, 4) is 5.75 Å². The third-order valence-corrected chi connectivity index (χ3v) is 6.41. The van der Waals surface area contributed by atoms with Gasteiger partial charge in [-0.1, -0.05) is 24.3 Å². The number of carbonyl (C=O) groups is 1. The molecule has 4 rings (SSSR count). The Labute approximate surface area is 170 Å². The summed E-state index contributed by atoms with van der Waals surface area (Å²) in [6, 6.07) is 10.8. The van der Waals surface area contributed by atoms with Crippen molar-refractivity contribution in [3.63, 3.8) is 0 Å². The number of methoxy groups -OCH3 is 1. The van der Waals surface area contributed by atoms with Gasteiger partial charge < -0.3 is 9.64 Å². The maximum Gasteiger partial charge on any atom is 0.219 e. The predicted molar refractivity (Wildman–Crippen MR) is 106 cm³/mol. The standard InChI is InChI=1S/C23H26F2N2O2/c1-14-6-4-5-7-17(14)23-18-12-26(10-16(18)11-27(23)15(2)28)13-19-21(29-3)9-8-20(24)22(19)25/h4-9,16,18,23H,10-13H2,1-3H3/t16-,18-,23+/m1/s1. The van der Waals surface area contributed by atoms with E-state index < -0.39 is 11.6 Å². The third kappa shape index (κ3) is 3.50. The first-order valence-electron chi connectivity index (χ1n) is 9.96. The molecule has 4 nitrogen and oxygen atoms in total. The second-order valence-electron chi connectivity index (χ2n) is 8.13. The van der Waals surface area contributed by atoms with Crippen molar-refractivity contribution in [1.82, 2.24) is 9.80 Å². The highest BCUT2D eigenvalue weighted by Crippen LogP contribution is 2.46. The minimum absolute atomic E-state index is 0.0166. The summed E-state index contributed by atoms with van der Waals surface area (Å²) >= 11 is 0. The Morgan fingerprint density at radius 2 is 1.90 bits per heavy atom. The molecule has 0 aromatic heterocycles. The van der Waals surface area contributed by atoms with Gasteiger partial charge in [0.2, 0.25) is 5.91 Å². The molecular weight excluding hydrogens is 374 g/mol. The SMILES string of the molecule is COc1ccc(F)c(F)c1CN1C[C@@H]2CN(C(C)=O)[C@@H](c3ccccc3C)[C@@H]2C1. The summed E-state index contributed by atoms with van der Waals surface area (Å²) < 4.78 is 33.4. The number of nitrogens with zero attached hydrogens (tertiary/aromatic N) is 2. The van der Waals surface area contributed by atoms with Gasteiger partial charge in [-0.05, 0) is 36.1 Å². The summed E-state index contributed by atoms with van der Waals surface area (Å²) in [5, 5.41) is 0. The van der Waals surface area contributed by atoms with Crippen LogP contribution in [0.5, 0.6) is 5.75 Å². The van der Waals surface area contributed by atoms with Crippen LogP contribution in [-0.4, -0.2) is 42.5 Å². The molecule has 2 heterocycles. The van der Waals surface area contributed by atoms with E-state index in [1.54, 1.807) is 6.92 Å². The maximum absolute atomic E-state index is 14.4. The Morgan fingerprint density at radius 3 is 2.59 bits per heavy atom. The fraction of sp³-hybridized carbons (Fsp3) is 0.435. The van der Waals surface area contributed by atoms with Gasteiger partial charge in [0.15, 0.2) is 11.6 Å². The summed E-state index contributed by atoms with van der Waals surface area (Å²) in [5.41, 5.74) is 2.59. The normalized spacial score (nSPS) is 24.0. The number of aryl methyl sites for hydroxylation is 1. The monoisotopic (exact) mass is 400 g/mol. The average Bonchev–Trinajstić information content (AvgIpc) is 3.24. The predicted octanol–water partition coefficient (Wildman–Crippen LogP) is 3.93. The number of ether oxygens (including phenoxy) is 1. The Bertz CT molecular complexity index is 933. The van der Waals surface area contributed by atoms with Gasteiger partial charge in [-0.15, -0.1) is 0 Å². The lowest BCUT2D eigenvalue weighted by Gasteiger charge is -2.30. The van der Waals surface area contributed by atoms with Gasteiger partial charge in [-0.3, -0.25) is 9.69 Å². The van der Waals surface area contributed by atoms with Crippen molar-refractivity contribution < 1.29 is 18.3 Å². The smallest absolute Gasteiger partial charge is 0.219 e. The second kappa shape index (κ2) is 7.75. The summed E-state index contributed by atoms with van der Waals surface area (Å²) in [6.45, 7) is 6.15. The average molecular weight is 400 g/mol. The summed E-state index contributed by atoms with van der Waals surface area (Å²) in [4.78, 5) is 16.4. The molecule has 0 bridgehead atoms. The molecule has 6 heteroatoms. The molecule has 154 valence electrons. The zero-order chi connectivity index (χ0) is 20.7. The maximum atomic E-state index is 14.4. The summed E-state index contributed by atoms with van der Waals surface area (Å²) in [5.74, 6) is -0.685. The molecule has 29 heavy (non-hydrogen) atoms. The van der Waals surface area contributed by atoms with Crippen molar-refractivity contribution in [2.45, 2.75) is 26.4 Å². The van der Waals surface area contributed by atoms with E-state index in [9.17, 15) is 13.6 Å². The van der Waals surface area contributed by atoms with Crippen molar-refractivity contribution >= 4 is 5.91 Å². The first kappa shape index (κ1) is 19.8. The Hall–Kier alpha value is -2.47. The van der Waals surface area contributed by atoms with Gasteiger partial charge in [-0.2, -0.15) is 0 Å². The fourth-order valence-electron chi connectivity index (χ4n) is 5.04. The van der Waals surface area contributed by atoms with Crippen LogP contribution in [-0.2, 0) is 11.3 Å². The Morgan fingerprint density at radius 1 is 1.14 bits per heavy atom. The molecule has 0 radical (unpaired) electrons. The van der Waals surface area contributed by atoms with Crippen LogP contribution in [0.1, 0.15) is 29.7 Å². The van der Waals surface area contributed by atoms with E-state index in [1.807, 2.05) is 17.0 Å². The van der Waals surface area contributed by atoms with E-state index in [4.69, 9.17) is 4.74 Å². The molecule has 3 atom stereocenters. The number of hydrogen-bond donors (Lipinski definition) is 0. The van der Waals surface area contributed by atoms with Gasteiger partial charge in [0, 0.05) is 44.6 Å². The quantitative estimate of drug-likeness (QED) is 0.780. The molecule has 2 aromatic carbocycles. The van der Waals surface area contributed by atoms with Crippen molar-refractivity contribution in [1.29, 1.82) is 0 Å². The summed E-state index contributed by atoms with van der Waals surface area (Å²) in [7, 11) is 1.47. The van der Waals surface area contributed by atoms with Crippen LogP contribution < -0.4 is 4.74 Å². The van der Waals surface area contributed by atoms with E-state index in [0.717, 1.165) is 19.2 Å². The lowest BCUT2D eigenvalue weighted by Crippen LogP contribution is -2.34. The molecule has 1 amide bonds. The highest BCUT2D eigenvalue weighted by molar-refractivity contribution is 5.74. The number of likely N-dealkylation sites (tertiary alicyclic amines) is 2. The number of benzene rings is 2. The van der Waals surface area contributed by atoms with Crippen LogP contribution in [0.3, 0.4) is 0 Å². The van der Waals surface area contributed by atoms with Crippen molar-refractivity contribution in [2.75, 3.05) is 26.7 Å². The first-order chi connectivity index (χ1) is 13.9. The molecule has 2 aromatic rings. The lowest BCUT2D eigenvalue weighted by molar-refractivity contribution is -0.130. The largest absolute Gasteiger partial charge is 0.496 e. The minimum Gasteiger partial charge on any atom is -0.496 e. The van der Waals surface area contributed by atoms with Crippen LogP contribution in [0.15, 0.2) is 36.4 Å². The van der Waals surface area contributed by atoms with Crippen LogP contribution in [0.4, 0.5) is 8.78 Å². The van der Waals surface area contributed by atoms with Crippen molar-refractivity contribution in [3.05, 3.63) is 64.7 Å². The van der Waals surface area contributed by atoms with Gasteiger partial charge in [0.05, 0.1) is 13.2 Å².